The number of hydrogen-bond acceptors (Lipinski definition) is 6. The highest BCUT2D eigenvalue weighted by atomic mass is 35.5. The predicted molar refractivity (Wildman–Crippen MR) is 361 cm³/mol. The van der Waals surface area contributed by atoms with Crippen LogP contribution in [0.25, 0.3) is 0 Å². The van der Waals surface area contributed by atoms with Crippen molar-refractivity contribution >= 4 is 30.0 Å². The molecule has 0 radical (unpaired) electrons. The summed E-state index contributed by atoms with van der Waals surface area (Å²) in [5, 5.41) is 42.9. The van der Waals surface area contributed by atoms with Gasteiger partial charge in [-0.05, 0) is 124 Å². The number of benzene rings is 5. The summed E-state index contributed by atoms with van der Waals surface area (Å²) in [7, 11) is 0. The summed E-state index contributed by atoms with van der Waals surface area (Å²) in [4.78, 5) is 35.8. The van der Waals surface area contributed by atoms with Gasteiger partial charge in [0.2, 0.25) is 0 Å². The zero-order valence-electron chi connectivity index (χ0n) is 54.1. The van der Waals surface area contributed by atoms with Gasteiger partial charge >= 0.3 is 11.9 Å². The van der Waals surface area contributed by atoms with Crippen molar-refractivity contribution in [1.29, 1.82) is 0 Å². The van der Waals surface area contributed by atoms with Crippen LogP contribution in [0.15, 0.2) is 257 Å². The molecule has 97 heavy (non-hydrogen) atoms. The van der Waals surface area contributed by atoms with Crippen LogP contribution in [0.1, 0.15) is 103 Å². The number of allylic oxidation sites excluding steroid dienone is 14. The fourth-order valence-electron chi connectivity index (χ4n) is 25.3. The molecule has 8 nitrogen and oxygen atoms in total. The van der Waals surface area contributed by atoms with Crippen molar-refractivity contribution in [3.63, 3.8) is 0 Å². The molecule has 9 heteroatoms. The van der Waals surface area contributed by atoms with Crippen LogP contribution in [0.4, 0.5) is 0 Å². The highest BCUT2D eigenvalue weighted by molar-refractivity contribution is 6.32. The molecular formula is C88H65ClO8. The average Bonchev–Trinajstić information content (AvgIpc) is 1.39. The minimum atomic E-state index is -1.40. The van der Waals surface area contributed by atoms with Crippen LogP contribution in [-0.4, -0.2) is 62.0 Å². The lowest BCUT2D eigenvalue weighted by atomic mass is 9.32. The Balaban J connectivity index is 1.01. The topological polar surface area (TPSA) is 141 Å². The number of carboxylic acid groups (broad SMARTS) is 2. The molecular weight excluding hydrogens is 1220 g/mol. The highest BCUT2D eigenvalue weighted by Gasteiger charge is 2.96. The molecule has 8 fully saturated rings. The van der Waals surface area contributed by atoms with Crippen molar-refractivity contribution in [3.05, 3.63) is 312 Å². The zero-order chi connectivity index (χ0) is 65.8. The highest BCUT2D eigenvalue weighted by Crippen LogP contribution is 2.97. The summed E-state index contributed by atoms with van der Waals surface area (Å²) < 4.78 is 5.58. The third-order valence-corrected chi connectivity index (χ3v) is 28.1. The first-order valence-electron chi connectivity index (χ1n) is 34.8. The van der Waals surface area contributed by atoms with Gasteiger partial charge in [0.05, 0.1) is 24.5 Å². The molecule has 16 aliphatic carbocycles. The van der Waals surface area contributed by atoms with E-state index in [1.165, 1.54) is 27.9 Å². The molecule has 0 bridgehead atoms. The van der Waals surface area contributed by atoms with Crippen LogP contribution < -0.4 is 0 Å². The molecule has 472 valence electrons. The Morgan fingerprint density at radius 2 is 0.732 bits per heavy atom. The summed E-state index contributed by atoms with van der Waals surface area (Å²) >= 11 is 10.7. The molecule has 16 aliphatic rings. The second-order valence-electron chi connectivity index (χ2n) is 31.4. The maximum atomic E-state index is 12.7. The largest absolute Gasteiger partial charge is 0.481 e. The Hall–Kier alpha value is -9.30. The van der Waals surface area contributed by atoms with Gasteiger partial charge in [0.1, 0.15) is 11.0 Å². The van der Waals surface area contributed by atoms with E-state index < -0.39 is 62.0 Å². The lowest BCUT2D eigenvalue weighted by molar-refractivity contribution is -0.141. The molecule has 8 saturated carbocycles. The van der Waals surface area contributed by atoms with E-state index in [1.54, 1.807) is 6.92 Å². The second kappa shape index (κ2) is 18.3. The molecule has 0 heterocycles. The van der Waals surface area contributed by atoms with Crippen molar-refractivity contribution in [2.24, 2.45) is 65.1 Å². The number of hydrogen-bond donors (Lipinski definition) is 4. The van der Waals surface area contributed by atoms with E-state index in [4.69, 9.17) is 4.74 Å². The summed E-state index contributed by atoms with van der Waals surface area (Å²) in [5.41, 5.74) is 62.5. The van der Waals surface area contributed by atoms with Crippen molar-refractivity contribution in [2.45, 2.75) is 123 Å². The van der Waals surface area contributed by atoms with Crippen LogP contribution in [-0.2, 0) is 71.9 Å². The average molecular weight is 1290 g/mol. The van der Waals surface area contributed by atoms with Gasteiger partial charge in [-0.25, -0.2) is 0 Å². The van der Waals surface area contributed by atoms with Crippen molar-refractivity contribution in [1.82, 2.24) is 0 Å². The molecule has 4 N–H and O–H groups in total. The van der Waals surface area contributed by atoms with E-state index in [0.29, 0.717) is 32.2 Å². The van der Waals surface area contributed by atoms with Gasteiger partial charge in [0.25, 0.3) is 6.47 Å². The molecule has 15 unspecified atom stereocenters. The molecule has 0 aliphatic heterocycles. The van der Waals surface area contributed by atoms with Gasteiger partial charge < -0.3 is 25.2 Å². The molecule has 5 aromatic rings. The SMILES string of the molecule is CC(O)Cc1ccc([C@@]23C4=C5[C@]6(c7ccc(CC(C)O)cc7)C7C8=C=C=C(C9=C=C=C%10C%11=C=C=C%12C%13=C=C=C%14C%15=C=C=C8C6C%15[C@]6(c8ccc(CC(C)OC=O)cc8)C%14C%13[C@@]8(c%13ccc(CC(C)C(=O)O)cc%13)C(=C4[C@@](c4ccc(C(C)CC(=O)O)cc4)(C%10C92)C%11C%128)[C@]56Cl)C73)cc1. The fraction of sp³-hybridized carbons (Fsp3) is 0.352. The maximum absolute atomic E-state index is 12.7. The van der Waals surface area contributed by atoms with E-state index in [2.05, 4.69) is 179 Å². The maximum Gasteiger partial charge on any atom is 0.306 e. The van der Waals surface area contributed by atoms with E-state index in [-0.39, 0.29) is 77.6 Å². The first kappa shape index (κ1) is 56.8. The second-order valence-corrected chi connectivity index (χ2v) is 31.9. The molecule has 0 saturated heterocycles. The quantitative estimate of drug-likeness (QED) is 0.0364. The first-order chi connectivity index (χ1) is 46.9. The fourth-order valence-corrected chi connectivity index (χ4v) is 26.1. The van der Waals surface area contributed by atoms with Crippen LogP contribution in [0.2, 0.25) is 0 Å². The van der Waals surface area contributed by atoms with Crippen molar-refractivity contribution < 1.29 is 39.5 Å². The number of fused-ring (bicyclic) bond motifs is 5. The number of alkyl halides is 1. The Morgan fingerprint density at radius 1 is 0.433 bits per heavy atom. The number of aliphatic hydroxyl groups excluding tert-OH is 2. The third kappa shape index (κ3) is 5.94. The monoisotopic (exact) mass is 1280 g/mol. The van der Waals surface area contributed by atoms with Gasteiger partial charge in [-0.3, -0.25) is 14.4 Å². The lowest BCUT2D eigenvalue weighted by Crippen LogP contribution is -2.75. The molecule has 0 aromatic heterocycles. The number of halogens is 1. The number of rotatable bonds is 19. The van der Waals surface area contributed by atoms with Crippen LogP contribution in [0.5, 0.6) is 0 Å². The van der Waals surface area contributed by atoms with Crippen LogP contribution in [0.3, 0.4) is 0 Å². The Labute approximate surface area is 566 Å². The zero-order valence-corrected chi connectivity index (χ0v) is 54.9. The van der Waals surface area contributed by atoms with E-state index in [1.807, 2.05) is 27.7 Å². The standard InChI is InChI=1S/C88H65ClO8/c1-42(37-67(93)94)51-14-24-53(25-15-51)84-69-58-27-26-57-59-28-30-61-63-32-34-66-65-35-33-64-62-31-29-60(58)71(84)73(62)85(54-18-6-47(7-19-54)36-43(2)82(95)96)74(64)76(65)87(56-22-12-50(13-23-56)40-46(5)97-41-90)77(66)75(63)86(55-20-10-49(11-21-55)39-45(4)92)72(61)70(59)83(68(57)69,52-16-8-48(9-17-52)38-44(3)91)78-79(84)81(85)88(87,89)80(78)86/h6-25,41-46,68-77,91-92H,36-40H2,1-5H3,(H,93,94)(H,95,96)/t42?,43?,44?,45?,46?,68?,69?,70?,71?,72?,73?,74?,75?,76?,77?,83-,84+,85+,86-,87+,88-/m1/s1. The number of carboxylic acids is 2. The number of aliphatic carboxylic acids is 2. The number of carbonyl (C=O) groups excluding carboxylic acids is 1. The normalized spacial score (nSPS) is 36.8. The van der Waals surface area contributed by atoms with Crippen LogP contribution >= 0.6 is 11.6 Å². The summed E-state index contributed by atoms with van der Waals surface area (Å²) in [5.74, 6) is -5.55. The van der Waals surface area contributed by atoms with Gasteiger partial charge in [-0.1, -0.05) is 192 Å². The van der Waals surface area contributed by atoms with E-state index in [0.717, 1.165) is 106 Å². The smallest absolute Gasteiger partial charge is 0.306 e. The lowest BCUT2D eigenvalue weighted by Gasteiger charge is -2.71. The summed E-state index contributed by atoms with van der Waals surface area (Å²) in [6, 6.07) is 45.9. The molecule has 21 atom stereocenters. The van der Waals surface area contributed by atoms with Crippen LogP contribution in [0, 0.1) is 65.1 Å². The Kier molecular flexibility index (Phi) is 10.7. The van der Waals surface area contributed by atoms with Gasteiger partial charge in [0, 0.05) is 148 Å². The summed E-state index contributed by atoms with van der Waals surface area (Å²) in [6.45, 7) is 9.94. The van der Waals surface area contributed by atoms with Gasteiger partial charge in [0.15, 0.2) is 0 Å². The molecule has 0 amide bonds. The Bertz CT molecular complexity index is 5400. The van der Waals surface area contributed by atoms with E-state index >= 15 is 0 Å². The summed E-state index contributed by atoms with van der Waals surface area (Å²) in [6.07, 6.45) is 0.313. The predicted octanol–water partition coefficient (Wildman–Crippen LogP) is 13.5. The molecule has 0 spiro atoms. The van der Waals surface area contributed by atoms with Crippen molar-refractivity contribution in [3.8, 4) is 0 Å². The number of carbonyl (C=O) groups is 3. The van der Waals surface area contributed by atoms with E-state index in [9.17, 15) is 46.4 Å². The van der Waals surface area contributed by atoms with Gasteiger partial charge in [-0.15, -0.1) is 11.6 Å². The number of aliphatic hydroxyl groups is 2. The minimum absolute atomic E-state index is 0.0178. The number of ether oxygens (including phenoxy) is 1. The molecule has 5 aromatic carbocycles. The minimum Gasteiger partial charge on any atom is -0.481 e. The van der Waals surface area contributed by atoms with Crippen molar-refractivity contribution in [2.75, 3.05) is 0 Å². The first-order valence-corrected chi connectivity index (χ1v) is 35.2. The van der Waals surface area contributed by atoms with Gasteiger partial charge in [-0.2, -0.15) is 0 Å². The Morgan fingerprint density at radius 3 is 1.07 bits per heavy atom. The molecule has 21 rings (SSSR count). The third-order valence-electron chi connectivity index (χ3n) is 27.5.